The van der Waals surface area contributed by atoms with Gasteiger partial charge in [-0.2, -0.15) is 5.10 Å². The number of aromatic nitrogens is 2. The zero-order valence-electron chi connectivity index (χ0n) is 14.8. The number of carboxylic acids is 1. The Balaban J connectivity index is 2.43. The van der Waals surface area contributed by atoms with Gasteiger partial charge in [-0.15, -0.1) is 0 Å². The molecule has 0 bridgehead atoms. The fraction of sp³-hybridized carbons (Fsp3) is 0.353. The van der Waals surface area contributed by atoms with Gasteiger partial charge in [0.2, 0.25) is 0 Å². The Morgan fingerprint density at radius 1 is 1.24 bits per heavy atom. The summed E-state index contributed by atoms with van der Waals surface area (Å²) >= 11 is 0. The summed E-state index contributed by atoms with van der Waals surface area (Å²) in [6.07, 6.45) is -0.617. The molecule has 1 aromatic carbocycles. The highest BCUT2D eigenvalue weighted by molar-refractivity contribution is 5.93. The van der Waals surface area contributed by atoms with Crippen LogP contribution in [0.15, 0.2) is 24.3 Å². The number of hydrogen-bond donors (Lipinski definition) is 2. The number of carbonyl (C=O) groups excluding carboxylic acids is 1. The minimum absolute atomic E-state index is 0.0287. The zero-order valence-corrected chi connectivity index (χ0v) is 14.8. The number of nitrogens with zero attached hydrogens (tertiary/aromatic N) is 2. The molecular formula is C17H21N3O5. The van der Waals surface area contributed by atoms with Crippen LogP contribution in [0.5, 0.6) is 5.75 Å². The van der Waals surface area contributed by atoms with E-state index in [1.807, 2.05) is 0 Å². The fourth-order valence-corrected chi connectivity index (χ4v) is 2.18. The lowest BCUT2D eigenvalue weighted by molar-refractivity contribution is 0.0633. The Kier molecular flexibility index (Phi) is 5.01. The Morgan fingerprint density at radius 2 is 1.92 bits per heavy atom. The Labute approximate surface area is 145 Å². The van der Waals surface area contributed by atoms with Crippen molar-refractivity contribution in [3.05, 3.63) is 30.0 Å². The van der Waals surface area contributed by atoms with Crippen LogP contribution in [0.1, 0.15) is 31.3 Å². The standard InChI is InChI=1S/C17H21N3O5/c1-17(2,3)25-16(23)18-12-7-6-10(24-5)8-11(12)13-9-14(15(21)22)20(4)19-13/h6-9H,1-5H3,(H,18,23)(H,21,22). The molecule has 0 spiro atoms. The number of methoxy groups -OCH3 is 1. The summed E-state index contributed by atoms with van der Waals surface area (Å²) in [6.45, 7) is 5.29. The molecular weight excluding hydrogens is 326 g/mol. The Morgan fingerprint density at radius 3 is 2.44 bits per heavy atom. The molecule has 0 aliphatic heterocycles. The number of aromatic carboxylic acids is 1. The average molecular weight is 347 g/mol. The van der Waals surface area contributed by atoms with E-state index in [-0.39, 0.29) is 5.69 Å². The topological polar surface area (TPSA) is 103 Å². The van der Waals surface area contributed by atoms with Crippen LogP contribution in [-0.4, -0.2) is 39.7 Å². The van der Waals surface area contributed by atoms with Crippen molar-refractivity contribution < 1.29 is 24.2 Å². The number of hydrogen-bond acceptors (Lipinski definition) is 5. The summed E-state index contributed by atoms with van der Waals surface area (Å²) in [5, 5.41) is 16.1. The highest BCUT2D eigenvalue weighted by Crippen LogP contribution is 2.31. The van der Waals surface area contributed by atoms with Crippen LogP contribution < -0.4 is 10.1 Å². The predicted molar refractivity (Wildman–Crippen MR) is 92.0 cm³/mol. The van der Waals surface area contributed by atoms with E-state index in [0.717, 1.165) is 0 Å². The van der Waals surface area contributed by atoms with E-state index in [4.69, 9.17) is 9.47 Å². The van der Waals surface area contributed by atoms with Crippen LogP contribution >= 0.6 is 0 Å². The molecule has 0 fully saturated rings. The lowest BCUT2D eigenvalue weighted by Crippen LogP contribution is -2.27. The van der Waals surface area contributed by atoms with Crippen LogP contribution in [-0.2, 0) is 11.8 Å². The SMILES string of the molecule is COc1ccc(NC(=O)OC(C)(C)C)c(-c2cc(C(=O)O)n(C)n2)c1. The molecule has 1 amide bonds. The van der Waals surface area contributed by atoms with E-state index >= 15 is 0 Å². The monoisotopic (exact) mass is 347 g/mol. The first kappa shape index (κ1) is 18.3. The molecule has 8 heteroatoms. The summed E-state index contributed by atoms with van der Waals surface area (Å²) in [7, 11) is 3.05. The normalized spacial score (nSPS) is 11.1. The Bertz CT molecular complexity index is 805. The molecule has 8 nitrogen and oxygen atoms in total. The third kappa shape index (κ3) is 4.50. The van der Waals surface area contributed by atoms with E-state index in [0.29, 0.717) is 22.7 Å². The minimum Gasteiger partial charge on any atom is -0.497 e. The quantitative estimate of drug-likeness (QED) is 0.881. The molecule has 0 radical (unpaired) electrons. The number of carbonyl (C=O) groups is 2. The maximum atomic E-state index is 12.1. The average Bonchev–Trinajstić information content (AvgIpc) is 2.87. The molecule has 2 rings (SSSR count). The molecule has 2 aromatic rings. The van der Waals surface area contributed by atoms with Crippen molar-refractivity contribution in [2.45, 2.75) is 26.4 Å². The van der Waals surface area contributed by atoms with Gasteiger partial charge in [-0.05, 0) is 45.0 Å². The molecule has 2 N–H and O–H groups in total. The van der Waals surface area contributed by atoms with Crippen LogP contribution in [0.3, 0.4) is 0 Å². The van der Waals surface area contributed by atoms with Crippen molar-refractivity contribution in [1.29, 1.82) is 0 Å². The van der Waals surface area contributed by atoms with Gasteiger partial charge in [0, 0.05) is 12.6 Å². The number of amides is 1. The highest BCUT2D eigenvalue weighted by atomic mass is 16.6. The van der Waals surface area contributed by atoms with E-state index in [2.05, 4.69) is 10.4 Å². The number of carboxylic acid groups (broad SMARTS) is 1. The minimum atomic E-state index is -1.09. The zero-order chi connectivity index (χ0) is 18.8. The van der Waals surface area contributed by atoms with E-state index in [9.17, 15) is 14.7 Å². The van der Waals surface area contributed by atoms with Crippen molar-refractivity contribution in [3.8, 4) is 17.0 Å². The molecule has 134 valence electrons. The first-order chi connectivity index (χ1) is 11.6. The molecule has 0 aliphatic rings. The van der Waals surface area contributed by atoms with Gasteiger partial charge in [-0.1, -0.05) is 0 Å². The number of rotatable bonds is 4. The summed E-state index contributed by atoms with van der Waals surface area (Å²) in [5.41, 5.74) is 0.738. The van der Waals surface area contributed by atoms with E-state index in [1.54, 1.807) is 39.0 Å². The molecule has 0 unspecified atom stereocenters. The third-order valence-electron chi connectivity index (χ3n) is 3.24. The lowest BCUT2D eigenvalue weighted by atomic mass is 10.1. The smallest absolute Gasteiger partial charge is 0.412 e. The Hall–Kier alpha value is -3.03. The second-order valence-electron chi connectivity index (χ2n) is 6.38. The van der Waals surface area contributed by atoms with Crippen molar-refractivity contribution in [1.82, 2.24) is 9.78 Å². The third-order valence-corrected chi connectivity index (χ3v) is 3.24. The van der Waals surface area contributed by atoms with Crippen molar-refractivity contribution in [3.63, 3.8) is 0 Å². The number of nitrogens with one attached hydrogen (secondary N) is 1. The fourth-order valence-electron chi connectivity index (χ4n) is 2.18. The predicted octanol–water partition coefficient (Wildman–Crippen LogP) is 3.14. The van der Waals surface area contributed by atoms with Gasteiger partial charge in [-0.3, -0.25) is 10.00 Å². The van der Waals surface area contributed by atoms with Crippen LogP contribution in [0.4, 0.5) is 10.5 Å². The molecule has 0 saturated heterocycles. The summed E-state index contributed by atoms with van der Waals surface area (Å²) in [6, 6.07) is 6.42. The van der Waals surface area contributed by atoms with Crippen LogP contribution in [0.25, 0.3) is 11.3 Å². The molecule has 1 aromatic heterocycles. The maximum absolute atomic E-state index is 12.1. The molecule has 0 saturated carbocycles. The second kappa shape index (κ2) is 6.84. The van der Waals surface area contributed by atoms with Crippen molar-refractivity contribution >= 4 is 17.7 Å². The molecule has 0 atom stereocenters. The van der Waals surface area contributed by atoms with Crippen LogP contribution in [0.2, 0.25) is 0 Å². The van der Waals surface area contributed by atoms with E-state index in [1.165, 1.54) is 24.9 Å². The van der Waals surface area contributed by atoms with Gasteiger partial charge >= 0.3 is 12.1 Å². The summed E-state index contributed by atoms with van der Waals surface area (Å²) in [5.74, 6) is -0.543. The molecule has 0 aliphatic carbocycles. The second-order valence-corrected chi connectivity index (χ2v) is 6.38. The number of benzene rings is 1. The van der Waals surface area contributed by atoms with Gasteiger partial charge in [0.1, 0.15) is 17.0 Å². The van der Waals surface area contributed by atoms with Crippen molar-refractivity contribution in [2.75, 3.05) is 12.4 Å². The van der Waals surface area contributed by atoms with Gasteiger partial charge in [0.25, 0.3) is 0 Å². The number of ether oxygens (including phenoxy) is 2. The number of aryl methyl sites for hydroxylation is 1. The van der Waals surface area contributed by atoms with Gasteiger partial charge in [-0.25, -0.2) is 9.59 Å². The first-order valence-corrected chi connectivity index (χ1v) is 7.56. The van der Waals surface area contributed by atoms with Gasteiger partial charge in [0.05, 0.1) is 18.5 Å². The van der Waals surface area contributed by atoms with Gasteiger partial charge < -0.3 is 14.6 Å². The highest BCUT2D eigenvalue weighted by Gasteiger charge is 2.20. The first-order valence-electron chi connectivity index (χ1n) is 7.56. The van der Waals surface area contributed by atoms with E-state index < -0.39 is 17.7 Å². The molecule has 1 heterocycles. The maximum Gasteiger partial charge on any atom is 0.412 e. The molecule has 25 heavy (non-hydrogen) atoms. The largest absolute Gasteiger partial charge is 0.497 e. The summed E-state index contributed by atoms with van der Waals surface area (Å²) < 4.78 is 11.7. The lowest BCUT2D eigenvalue weighted by Gasteiger charge is -2.20. The van der Waals surface area contributed by atoms with Crippen molar-refractivity contribution in [2.24, 2.45) is 7.05 Å². The number of anilines is 1. The van der Waals surface area contributed by atoms with Gasteiger partial charge in [0.15, 0.2) is 0 Å². The summed E-state index contributed by atoms with van der Waals surface area (Å²) in [4.78, 5) is 23.3. The van der Waals surface area contributed by atoms with Crippen LogP contribution in [0, 0.1) is 0 Å².